The van der Waals surface area contributed by atoms with Crippen LogP contribution in [-0.4, -0.2) is 22.9 Å². The number of nitrogens with one attached hydrogen (secondary N) is 2. The molecule has 0 amide bonds. The molecule has 0 saturated heterocycles. The van der Waals surface area contributed by atoms with E-state index in [2.05, 4.69) is 20.4 Å². The Morgan fingerprint density at radius 3 is 2.59 bits per heavy atom. The average molecular weight is 355 g/mol. The highest BCUT2D eigenvalue weighted by Crippen LogP contribution is 2.27. The second-order valence-corrected chi connectivity index (χ2v) is 5.93. The zero-order valence-corrected chi connectivity index (χ0v) is 14.8. The third-order valence-corrected chi connectivity index (χ3v) is 4.26. The van der Waals surface area contributed by atoms with Gasteiger partial charge in [-0.15, -0.1) is 0 Å². The molecular weight excluding hydrogens is 339 g/mol. The molecule has 2 N–H and O–H groups in total. The van der Waals surface area contributed by atoms with E-state index in [1.165, 1.54) is 0 Å². The first-order valence-electron chi connectivity index (χ1n) is 6.59. The van der Waals surface area contributed by atoms with E-state index in [0.717, 1.165) is 22.6 Å². The molecule has 1 heterocycles. The lowest BCUT2D eigenvalue weighted by Crippen LogP contribution is -2.28. The van der Waals surface area contributed by atoms with Crippen molar-refractivity contribution in [3.63, 3.8) is 0 Å². The second-order valence-electron chi connectivity index (χ2n) is 4.71. The van der Waals surface area contributed by atoms with Crippen LogP contribution in [0.1, 0.15) is 17.0 Å². The van der Waals surface area contributed by atoms with Crippen molar-refractivity contribution in [3.05, 3.63) is 51.3 Å². The molecule has 0 aliphatic heterocycles. The van der Waals surface area contributed by atoms with E-state index >= 15 is 0 Å². The van der Waals surface area contributed by atoms with Crippen LogP contribution in [0.3, 0.4) is 0 Å². The Labute approximate surface area is 145 Å². The third kappa shape index (κ3) is 3.61. The molecule has 7 heteroatoms. The lowest BCUT2D eigenvalue weighted by molar-refractivity contribution is 0.962. The fourth-order valence-electron chi connectivity index (χ4n) is 2.16. The highest BCUT2D eigenvalue weighted by Gasteiger charge is 2.10. The Bertz CT molecular complexity index is 737. The molecule has 116 valence electrons. The van der Waals surface area contributed by atoms with Crippen molar-refractivity contribution in [2.24, 2.45) is 5.10 Å². The number of aromatic nitrogens is 1. The van der Waals surface area contributed by atoms with Crippen molar-refractivity contribution >= 4 is 46.7 Å². The Morgan fingerprint density at radius 1 is 1.23 bits per heavy atom. The highest BCUT2D eigenvalue weighted by molar-refractivity contribution is 7.80. The van der Waals surface area contributed by atoms with Gasteiger partial charge in [0.1, 0.15) is 0 Å². The first-order valence-corrected chi connectivity index (χ1v) is 7.75. The molecule has 1 aromatic heterocycles. The van der Waals surface area contributed by atoms with Crippen molar-refractivity contribution in [1.82, 2.24) is 15.3 Å². The minimum absolute atomic E-state index is 0.467. The van der Waals surface area contributed by atoms with Crippen LogP contribution in [0.2, 0.25) is 10.0 Å². The number of halogens is 2. The number of thiocarbonyl (C=S) groups is 1. The Morgan fingerprint density at radius 2 is 1.95 bits per heavy atom. The Kier molecular flexibility index (Phi) is 5.45. The molecule has 2 rings (SSSR count). The predicted octanol–water partition coefficient (Wildman–Crippen LogP) is 3.83. The van der Waals surface area contributed by atoms with Gasteiger partial charge >= 0.3 is 0 Å². The standard InChI is InChI=1S/C15H16Cl2N4S/c1-9-6-11(8-19-20-15(22)18-3)10(2)21(9)12-4-5-13(16)14(17)7-12/h4-8H,1-3H3,(H2,18,20,22). The summed E-state index contributed by atoms with van der Waals surface area (Å²) in [5.41, 5.74) is 6.82. The maximum Gasteiger partial charge on any atom is 0.186 e. The molecule has 0 aliphatic carbocycles. The summed E-state index contributed by atoms with van der Waals surface area (Å²) in [7, 11) is 1.74. The smallest absolute Gasteiger partial charge is 0.186 e. The maximum absolute atomic E-state index is 6.11. The highest BCUT2D eigenvalue weighted by atomic mass is 35.5. The van der Waals surface area contributed by atoms with Crippen molar-refractivity contribution in [3.8, 4) is 5.69 Å². The van der Waals surface area contributed by atoms with Gasteiger partial charge in [-0.2, -0.15) is 5.10 Å². The van der Waals surface area contributed by atoms with E-state index in [0.29, 0.717) is 15.2 Å². The molecule has 0 radical (unpaired) electrons. The van der Waals surface area contributed by atoms with E-state index in [1.54, 1.807) is 19.3 Å². The summed E-state index contributed by atoms with van der Waals surface area (Å²) in [5.74, 6) is 0. The summed E-state index contributed by atoms with van der Waals surface area (Å²) in [5, 5.41) is 8.45. The van der Waals surface area contributed by atoms with Gasteiger partial charge in [0.05, 0.1) is 16.3 Å². The summed E-state index contributed by atoms with van der Waals surface area (Å²) in [6.07, 6.45) is 1.74. The van der Waals surface area contributed by atoms with Gasteiger partial charge in [-0.25, -0.2) is 0 Å². The molecule has 0 bridgehead atoms. The van der Waals surface area contributed by atoms with Gasteiger partial charge in [-0.3, -0.25) is 5.43 Å². The van der Waals surface area contributed by atoms with Crippen molar-refractivity contribution in [1.29, 1.82) is 0 Å². The molecule has 0 spiro atoms. The van der Waals surface area contributed by atoms with Crippen LogP contribution in [0.25, 0.3) is 5.69 Å². The maximum atomic E-state index is 6.11. The fourth-order valence-corrected chi connectivity index (χ4v) is 2.50. The number of hydrogen-bond donors (Lipinski definition) is 2. The van der Waals surface area contributed by atoms with Crippen LogP contribution in [0.5, 0.6) is 0 Å². The van der Waals surface area contributed by atoms with Gasteiger partial charge in [0, 0.05) is 29.7 Å². The number of aryl methyl sites for hydroxylation is 1. The van der Waals surface area contributed by atoms with E-state index in [9.17, 15) is 0 Å². The summed E-state index contributed by atoms with van der Waals surface area (Å²) >= 11 is 17.1. The van der Waals surface area contributed by atoms with Crippen LogP contribution < -0.4 is 10.7 Å². The molecule has 22 heavy (non-hydrogen) atoms. The molecule has 0 fully saturated rings. The van der Waals surface area contributed by atoms with Crippen LogP contribution in [-0.2, 0) is 0 Å². The van der Waals surface area contributed by atoms with Crippen LogP contribution in [0.4, 0.5) is 0 Å². The summed E-state index contributed by atoms with van der Waals surface area (Å²) in [4.78, 5) is 0. The van der Waals surface area contributed by atoms with Gasteiger partial charge < -0.3 is 9.88 Å². The van der Waals surface area contributed by atoms with Gasteiger partial charge in [0.2, 0.25) is 0 Å². The first kappa shape index (κ1) is 16.8. The van der Waals surface area contributed by atoms with E-state index in [4.69, 9.17) is 35.4 Å². The van der Waals surface area contributed by atoms with Crippen LogP contribution >= 0.6 is 35.4 Å². The Hall–Kier alpha value is -1.56. The Balaban J connectivity index is 2.34. The topological polar surface area (TPSA) is 41.4 Å². The van der Waals surface area contributed by atoms with E-state index in [-0.39, 0.29) is 0 Å². The second kappa shape index (κ2) is 7.13. The lowest BCUT2D eigenvalue weighted by atomic mass is 10.2. The minimum atomic E-state index is 0.467. The number of hydrazone groups is 1. The summed E-state index contributed by atoms with van der Waals surface area (Å²) in [6.45, 7) is 4.05. The van der Waals surface area contributed by atoms with Crippen molar-refractivity contribution in [2.75, 3.05) is 7.05 Å². The minimum Gasteiger partial charge on any atom is -0.364 e. The summed E-state index contributed by atoms with van der Waals surface area (Å²) in [6, 6.07) is 7.62. The molecule has 0 aliphatic rings. The molecule has 0 saturated carbocycles. The molecule has 2 aromatic rings. The number of rotatable bonds is 3. The molecule has 4 nitrogen and oxygen atoms in total. The van der Waals surface area contributed by atoms with Gasteiger partial charge in [0.15, 0.2) is 5.11 Å². The van der Waals surface area contributed by atoms with Crippen LogP contribution in [0.15, 0.2) is 29.4 Å². The largest absolute Gasteiger partial charge is 0.364 e. The van der Waals surface area contributed by atoms with E-state index in [1.807, 2.05) is 32.0 Å². The first-order chi connectivity index (χ1) is 10.4. The number of benzene rings is 1. The molecule has 1 aromatic carbocycles. The zero-order chi connectivity index (χ0) is 16.3. The third-order valence-electron chi connectivity index (χ3n) is 3.23. The SMILES string of the molecule is CNC(=S)NN=Cc1cc(C)n(-c2ccc(Cl)c(Cl)c2)c1C. The number of hydrogen-bond acceptors (Lipinski definition) is 2. The van der Waals surface area contributed by atoms with Gasteiger partial charge in [-0.05, 0) is 50.3 Å². The van der Waals surface area contributed by atoms with Gasteiger partial charge in [0.25, 0.3) is 0 Å². The quantitative estimate of drug-likeness (QED) is 0.500. The van der Waals surface area contributed by atoms with Crippen molar-refractivity contribution in [2.45, 2.75) is 13.8 Å². The molecule has 0 unspecified atom stereocenters. The fraction of sp³-hybridized carbons (Fsp3) is 0.200. The normalized spacial score (nSPS) is 11.0. The average Bonchev–Trinajstić information content (AvgIpc) is 2.76. The number of nitrogens with zero attached hydrogens (tertiary/aromatic N) is 2. The molecular formula is C15H16Cl2N4S. The monoisotopic (exact) mass is 354 g/mol. The predicted molar refractivity (Wildman–Crippen MR) is 97.7 cm³/mol. The van der Waals surface area contributed by atoms with Crippen LogP contribution in [0, 0.1) is 13.8 Å². The van der Waals surface area contributed by atoms with Gasteiger partial charge in [-0.1, -0.05) is 23.2 Å². The lowest BCUT2D eigenvalue weighted by Gasteiger charge is -2.10. The van der Waals surface area contributed by atoms with E-state index < -0.39 is 0 Å². The zero-order valence-electron chi connectivity index (χ0n) is 12.4. The summed E-state index contributed by atoms with van der Waals surface area (Å²) < 4.78 is 2.10. The van der Waals surface area contributed by atoms with Crippen molar-refractivity contribution < 1.29 is 0 Å². The molecule has 0 atom stereocenters.